The zero-order valence-electron chi connectivity index (χ0n) is 20.6. The number of para-hydroxylation sites is 1. The lowest BCUT2D eigenvalue weighted by Gasteiger charge is -2.39. The number of hydrogen-bond donors (Lipinski definition) is 3. The number of unbranched alkanes of at least 4 members (excludes halogenated alkanes) is 1. The molecule has 3 fully saturated rings. The molecule has 3 N–H and O–H groups in total. The SMILES string of the molecule is CCCCNC(=O)C1N([C@@H](CO)[C@@H](C)CC)C(=O)[C@@H]2[C@H](C(=O)Nc3ccccc3)[C@H]3SC12CC3Br. The molecule has 1 aromatic rings. The van der Waals surface area contributed by atoms with Gasteiger partial charge in [0.15, 0.2) is 0 Å². The Balaban J connectivity index is 1.72. The third-order valence-corrected chi connectivity index (χ3v) is 11.2. The van der Waals surface area contributed by atoms with E-state index in [1.54, 1.807) is 16.7 Å². The van der Waals surface area contributed by atoms with Gasteiger partial charge in [0.1, 0.15) is 6.04 Å². The molecule has 3 heterocycles. The zero-order valence-corrected chi connectivity index (χ0v) is 23.0. The molecule has 9 heteroatoms. The second-order valence-electron chi connectivity index (χ2n) is 10.0. The van der Waals surface area contributed by atoms with Crippen LogP contribution in [0.3, 0.4) is 0 Å². The fraction of sp³-hybridized carbons (Fsp3) is 0.654. The molecule has 1 aromatic carbocycles. The minimum absolute atomic E-state index is 0.0173. The van der Waals surface area contributed by atoms with Gasteiger partial charge in [0.2, 0.25) is 17.7 Å². The summed E-state index contributed by atoms with van der Waals surface area (Å²) in [5.74, 6) is -1.68. The van der Waals surface area contributed by atoms with E-state index in [4.69, 9.17) is 0 Å². The topological polar surface area (TPSA) is 98.7 Å². The van der Waals surface area contributed by atoms with Gasteiger partial charge in [-0.25, -0.2) is 0 Å². The Morgan fingerprint density at radius 3 is 2.60 bits per heavy atom. The lowest BCUT2D eigenvalue weighted by atomic mass is 9.70. The first-order chi connectivity index (χ1) is 16.8. The number of nitrogens with one attached hydrogen (secondary N) is 2. The number of hydrogen-bond acceptors (Lipinski definition) is 5. The quantitative estimate of drug-likeness (QED) is 0.298. The van der Waals surface area contributed by atoms with Crippen molar-refractivity contribution < 1.29 is 19.5 Å². The molecule has 35 heavy (non-hydrogen) atoms. The van der Waals surface area contributed by atoms with Crippen molar-refractivity contribution in [3.63, 3.8) is 0 Å². The Labute approximate surface area is 220 Å². The normalized spacial score (nSPS) is 32.9. The van der Waals surface area contributed by atoms with Crippen LogP contribution in [-0.2, 0) is 14.4 Å². The third-order valence-electron chi connectivity index (χ3n) is 7.99. The summed E-state index contributed by atoms with van der Waals surface area (Å²) in [5, 5.41) is 16.3. The maximum atomic E-state index is 14.1. The summed E-state index contributed by atoms with van der Waals surface area (Å²) in [6.07, 6.45) is 3.21. The van der Waals surface area contributed by atoms with Crippen molar-refractivity contribution >= 4 is 51.1 Å². The lowest BCUT2D eigenvalue weighted by Crippen LogP contribution is -2.58. The van der Waals surface area contributed by atoms with Gasteiger partial charge in [-0.15, -0.1) is 11.8 Å². The van der Waals surface area contributed by atoms with E-state index in [0.29, 0.717) is 18.7 Å². The highest BCUT2D eigenvalue weighted by atomic mass is 79.9. The molecule has 3 aliphatic heterocycles. The predicted octanol–water partition coefficient (Wildman–Crippen LogP) is 3.41. The van der Waals surface area contributed by atoms with Gasteiger partial charge < -0.3 is 20.6 Å². The molecular weight excluding hydrogens is 530 g/mol. The van der Waals surface area contributed by atoms with Crippen molar-refractivity contribution in [1.82, 2.24) is 10.2 Å². The second-order valence-corrected chi connectivity index (χ2v) is 12.8. The van der Waals surface area contributed by atoms with E-state index >= 15 is 0 Å². The number of fused-ring (bicyclic) bond motifs is 1. The van der Waals surface area contributed by atoms with Crippen molar-refractivity contribution in [3.05, 3.63) is 30.3 Å². The minimum atomic E-state index is -0.715. The molecule has 3 unspecified atom stereocenters. The van der Waals surface area contributed by atoms with Crippen molar-refractivity contribution in [2.24, 2.45) is 17.8 Å². The van der Waals surface area contributed by atoms with Gasteiger partial charge in [-0.2, -0.15) is 0 Å². The molecule has 8 atom stereocenters. The van der Waals surface area contributed by atoms with E-state index in [-0.39, 0.29) is 40.3 Å². The van der Waals surface area contributed by atoms with Gasteiger partial charge in [0.05, 0.1) is 29.2 Å². The summed E-state index contributed by atoms with van der Waals surface area (Å²) in [6.45, 7) is 6.43. The number of amides is 3. The molecule has 4 rings (SSSR count). The summed E-state index contributed by atoms with van der Waals surface area (Å²) in [7, 11) is 0. The number of anilines is 1. The van der Waals surface area contributed by atoms with Gasteiger partial charge in [0.25, 0.3) is 0 Å². The van der Waals surface area contributed by atoms with Crippen LogP contribution in [0.5, 0.6) is 0 Å². The molecular formula is C26H36BrN3O4S. The van der Waals surface area contributed by atoms with Gasteiger partial charge >= 0.3 is 0 Å². The minimum Gasteiger partial charge on any atom is -0.394 e. The van der Waals surface area contributed by atoms with Crippen molar-refractivity contribution in [3.8, 4) is 0 Å². The van der Waals surface area contributed by atoms with E-state index in [0.717, 1.165) is 19.3 Å². The number of aliphatic hydroxyl groups is 1. The lowest BCUT2D eigenvalue weighted by molar-refractivity contribution is -0.143. The van der Waals surface area contributed by atoms with Crippen LogP contribution in [0, 0.1) is 17.8 Å². The molecule has 0 aromatic heterocycles. The second kappa shape index (κ2) is 10.8. The van der Waals surface area contributed by atoms with Crippen LogP contribution in [0.1, 0.15) is 46.5 Å². The number of benzene rings is 1. The molecule has 7 nitrogen and oxygen atoms in total. The number of carbonyl (C=O) groups is 3. The van der Waals surface area contributed by atoms with E-state index < -0.39 is 28.7 Å². The average molecular weight is 567 g/mol. The molecule has 0 radical (unpaired) electrons. The fourth-order valence-electron chi connectivity index (χ4n) is 6.07. The average Bonchev–Trinajstić information content (AvgIpc) is 3.44. The first kappa shape index (κ1) is 26.5. The first-order valence-electron chi connectivity index (χ1n) is 12.7. The highest BCUT2D eigenvalue weighted by Crippen LogP contribution is 2.68. The van der Waals surface area contributed by atoms with Crippen molar-refractivity contribution in [1.29, 1.82) is 0 Å². The number of rotatable bonds is 10. The van der Waals surface area contributed by atoms with Crippen LogP contribution in [0.15, 0.2) is 30.3 Å². The Kier molecular flexibility index (Phi) is 8.18. The van der Waals surface area contributed by atoms with Crippen molar-refractivity contribution in [2.45, 2.75) is 73.4 Å². The van der Waals surface area contributed by atoms with E-state index in [9.17, 15) is 19.5 Å². The van der Waals surface area contributed by atoms with Crippen molar-refractivity contribution in [2.75, 3.05) is 18.5 Å². The maximum Gasteiger partial charge on any atom is 0.244 e. The van der Waals surface area contributed by atoms with E-state index in [1.807, 2.05) is 44.2 Å². The van der Waals surface area contributed by atoms with Gasteiger partial charge in [-0.3, -0.25) is 14.4 Å². The Morgan fingerprint density at radius 2 is 1.97 bits per heavy atom. The molecule has 0 aliphatic carbocycles. The highest BCUT2D eigenvalue weighted by Gasteiger charge is 2.76. The van der Waals surface area contributed by atoms with Crippen LogP contribution in [0.4, 0.5) is 5.69 Å². The van der Waals surface area contributed by atoms with E-state index in [1.165, 1.54) is 0 Å². The standard InChI is InChI=1S/C26H36BrN3O4S/c1-4-6-12-28-24(33)22-26-13-17(27)21(35-26)19(23(32)29-16-10-8-7-9-11-16)20(26)25(34)30(22)18(14-31)15(3)5-2/h7-11,15,17-22,31H,4-6,12-14H2,1-3H3,(H,28,33)(H,29,32)/t15-,17?,18-,19-,20-,21-,22?,26?/m0/s1. The number of likely N-dealkylation sites (tertiary alicyclic amines) is 1. The molecule has 0 saturated carbocycles. The maximum absolute atomic E-state index is 14.1. The van der Waals surface area contributed by atoms with Gasteiger partial charge in [-0.1, -0.05) is 67.7 Å². The largest absolute Gasteiger partial charge is 0.394 e. The van der Waals surface area contributed by atoms with Crippen LogP contribution >= 0.6 is 27.7 Å². The summed E-state index contributed by atoms with van der Waals surface area (Å²) in [5.41, 5.74) is 0.689. The number of halogens is 1. The third kappa shape index (κ3) is 4.53. The first-order valence-corrected chi connectivity index (χ1v) is 14.5. The van der Waals surface area contributed by atoms with Crippen LogP contribution in [0.25, 0.3) is 0 Å². The molecule has 2 bridgehead atoms. The molecule has 1 spiro atoms. The summed E-state index contributed by atoms with van der Waals surface area (Å²) < 4.78 is -0.703. The summed E-state index contributed by atoms with van der Waals surface area (Å²) in [6, 6.07) is 8.08. The van der Waals surface area contributed by atoms with Gasteiger partial charge in [-0.05, 0) is 30.9 Å². The summed E-state index contributed by atoms with van der Waals surface area (Å²) in [4.78, 5) is 43.1. The number of nitrogens with zero attached hydrogens (tertiary/aromatic N) is 1. The number of carbonyl (C=O) groups excluding carboxylic acids is 3. The van der Waals surface area contributed by atoms with Crippen LogP contribution < -0.4 is 10.6 Å². The molecule has 3 aliphatic rings. The smallest absolute Gasteiger partial charge is 0.244 e. The fourth-order valence-corrected chi connectivity index (χ4v) is 9.67. The Hall–Kier alpha value is -1.58. The number of alkyl halides is 1. The summed E-state index contributed by atoms with van der Waals surface area (Å²) >= 11 is 5.41. The highest BCUT2D eigenvalue weighted by molar-refractivity contribution is 9.09. The molecule has 3 saturated heterocycles. The van der Waals surface area contributed by atoms with Crippen LogP contribution in [-0.4, -0.2) is 67.8 Å². The predicted molar refractivity (Wildman–Crippen MR) is 142 cm³/mol. The van der Waals surface area contributed by atoms with Gasteiger partial charge in [0, 0.05) is 22.3 Å². The monoisotopic (exact) mass is 565 g/mol. The van der Waals surface area contributed by atoms with E-state index in [2.05, 4.69) is 33.5 Å². The Morgan fingerprint density at radius 1 is 1.26 bits per heavy atom. The number of aliphatic hydroxyl groups excluding tert-OH is 1. The van der Waals surface area contributed by atoms with Crippen LogP contribution in [0.2, 0.25) is 0 Å². The number of thioether (sulfide) groups is 1. The molecule has 3 amide bonds. The molecule has 192 valence electrons. The zero-order chi connectivity index (χ0) is 25.3. The Bertz CT molecular complexity index is 950.